The molecule has 5 nitrogen and oxygen atoms in total. The van der Waals surface area contributed by atoms with Crippen LogP contribution in [0.1, 0.15) is 27.2 Å². The first-order valence-electron chi connectivity index (χ1n) is 6.93. The lowest BCUT2D eigenvalue weighted by Gasteiger charge is -2.39. The molecule has 1 aromatic carbocycles. The molecule has 0 saturated heterocycles. The lowest BCUT2D eigenvalue weighted by molar-refractivity contribution is 0.140. The molecule has 0 saturated carbocycles. The van der Waals surface area contributed by atoms with E-state index in [2.05, 4.69) is 5.32 Å². The van der Waals surface area contributed by atoms with E-state index in [9.17, 15) is 4.79 Å². The number of nitrogens with one attached hydrogen (secondary N) is 1. The molecular weight excluding hydrogens is 254 g/mol. The van der Waals surface area contributed by atoms with Gasteiger partial charge in [0.1, 0.15) is 5.75 Å². The zero-order valence-electron chi connectivity index (χ0n) is 12.8. The Labute approximate surface area is 121 Å². The van der Waals surface area contributed by atoms with Gasteiger partial charge in [-0.05, 0) is 44.5 Å². The van der Waals surface area contributed by atoms with Gasteiger partial charge in [0.25, 0.3) is 0 Å². The van der Waals surface area contributed by atoms with Crippen molar-refractivity contribution in [2.45, 2.75) is 32.7 Å². The van der Waals surface area contributed by atoms with Gasteiger partial charge in [-0.3, -0.25) is 0 Å². The van der Waals surface area contributed by atoms with Crippen molar-refractivity contribution in [1.29, 1.82) is 0 Å². The number of benzene rings is 1. The second kappa shape index (κ2) is 7.14. The van der Waals surface area contributed by atoms with Gasteiger partial charge in [0, 0.05) is 18.8 Å². The molecule has 1 rings (SSSR count). The number of anilines is 1. The summed E-state index contributed by atoms with van der Waals surface area (Å²) in [6.45, 7) is 7.05. The Bertz CT molecular complexity index is 427. The molecule has 0 bridgehead atoms. The number of methoxy groups -OCH3 is 1. The van der Waals surface area contributed by atoms with Crippen LogP contribution in [0, 0.1) is 0 Å². The molecule has 1 atom stereocenters. The Balaban J connectivity index is 2.81. The van der Waals surface area contributed by atoms with Gasteiger partial charge in [-0.2, -0.15) is 0 Å². The van der Waals surface area contributed by atoms with E-state index in [0.29, 0.717) is 13.1 Å². The monoisotopic (exact) mass is 279 g/mol. The maximum Gasteiger partial charge on any atom is 0.322 e. The average Bonchev–Trinajstić information content (AvgIpc) is 2.48. The number of ether oxygens (including phenoxy) is 1. The van der Waals surface area contributed by atoms with Gasteiger partial charge in [-0.15, -0.1) is 0 Å². The van der Waals surface area contributed by atoms with E-state index >= 15 is 0 Å². The Hall–Kier alpha value is -1.75. The summed E-state index contributed by atoms with van der Waals surface area (Å²) in [7, 11) is 1.61. The number of nitrogens with zero attached hydrogens (tertiary/aromatic N) is 1. The van der Waals surface area contributed by atoms with Gasteiger partial charge < -0.3 is 20.7 Å². The van der Waals surface area contributed by atoms with Crippen LogP contribution in [0.3, 0.4) is 0 Å². The van der Waals surface area contributed by atoms with Crippen LogP contribution in [0.25, 0.3) is 0 Å². The number of hydrogen-bond donors (Lipinski definition) is 2. The molecule has 5 heteroatoms. The highest BCUT2D eigenvalue weighted by Crippen LogP contribution is 2.20. The molecular formula is C15H25N3O2. The van der Waals surface area contributed by atoms with Crippen molar-refractivity contribution in [3.63, 3.8) is 0 Å². The summed E-state index contributed by atoms with van der Waals surface area (Å²) in [5, 5.41) is 2.89. The van der Waals surface area contributed by atoms with E-state index in [-0.39, 0.29) is 11.6 Å². The van der Waals surface area contributed by atoms with Crippen molar-refractivity contribution >= 4 is 11.7 Å². The molecule has 1 aromatic rings. The number of urea groups is 1. The number of carbonyl (C=O) groups is 1. The predicted molar refractivity (Wildman–Crippen MR) is 82.1 cm³/mol. The van der Waals surface area contributed by atoms with E-state index in [1.54, 1.807) is 12.0 Å². The van der Waals surface area contributed by atoms with Crippen LogP contribution < -0.4 is 15.8 Å². The molecule has 20 heavy (non-hydrogen) atoms. The Morgan fingerprint density at radius 1 is 1.35 bits per heavy atom. The number of hydrogen-bond acceptors (Lipinski definition) is 3. The van der Waals surface area contributed by atoms with E-state index < -0.39 is 0 Å². The van der Waals surface area contributed by atoms with Gasteiger partial charge in [-0.1, -0.05) is 6.92 Å². The summed E-state index contributed by atoms with van der Waals surface area (Å²) >= 11 is 0. The van der Waals surface area contributed by atoms with Crippen molar-refractivity contribution in [2.75, 3.05) is 25.5 Å². The molecule has 0 radical (unpaired) electrons. The largest absolute Gasteiger partial charge is 0.497 e. The van der Waals surface area contributed by atoms with Gasteiger partial charge in [-0.25, -0.2) is 4.79 Å². The third-order valence-corrected chi connectivity index (χ3v) is 3.76. The molecule has 0 aliphatic heterocycles. The third kappa shape index (κ3) is 3.63. The Kier molecular flexibility index (Phi) is 5.82. The molecule has 0 spiro atoms. The average molecular weight is 279 g/mol. The minimum absolute atomic E-state index is 0.132. The fourth-order valence-corrected chi connectivity index (χ4v) is 2.08. The second-order valence-electron chi connectivity index (χ2n) is 4.96. The van der Waals surface area contributed by atoms with Crippen LogP contribution in [0.4, 0.5) is 10.5 Å². The van der Waals surface area contributed by atoms with Gasteiger partial charge >= 0.3 is 6.03 Å². The normalized spacial score (nSPS) is 13.4. The minimum atomic E-state index is -0.328. The number of nitrogens with two attached hydrogens (primary N) is 1. The summed E-state index contributed by atoms with van der Waals surface area (Å²) in [5.41, 5.74) is 6.24. The highest BCUT2D eigenvalue weighted by atomic mass is 16.5. The summed E-state index contributed by atoms with van der Waals surface area (Å²) in [4.78, 5) is 14.2. The molecule has 0 aliphatic rings. The van der Waals surface area contributed by atoms with E-state index in [0.717, 1.165) is 17.9 Å². The summed E-state index contributed by atoms with van der Waals surface area (Å²) in [6, 6.07) is 7.13. The maximum absolute atomic E-state index is 12.4. The quantitative estimate of drug-likeness (QED) is 0.841. The van der Waals surface area contributed by atoms with Crippen LogP contribution in [-0.2, 0) is 0 Å². The maximum atomic E-state index is 12.4. The Morgan fingerprint density at radius 3 is 2.35 bits per heavy atom. The van der Waals surface area contributed by atoms with Crippen molar-refractivity contribution in [2.24, 2.45) is 5.73 Å². The standard InChI is InChI=1S/C15H25N3O2/c1-5-15(3,11-16)18(6-2)14(19)17-12-7-9-13(20-4)10-8-12/h7-10H,5-6,11,16H2,1-4H3,(H,17,19). The number of amides is 2. The van der Waals surface area contributed by atoms with Crippen molar-refractivity contribution in [3.8, 4) is 5.75 Å². The number of carbonyl (C=O) groups excluding carboxylic acids is 1. The highest BCUT2D eigenvalue weighted by Gasteiger charge is 2.31. The number of rotatable bonds is 6. The highest BCUT2D eigenvalue weighted by molar-refractivity contribution is 5.89. The molecule has 0 aliphatic carbocycles. The molecule has 0 heterocycles. The van der Waals surface area contributed by atoms with Gasteiger partial charge in [0.05, 0.1) is 12.6 Å². The SMILES string of the molecule is CCN(C(=O)Nc1ccc(OC)cc1)C(C)(CC)CN. The first-order valence-corrected chi connectivity index (χ1v) is 6.93. The summed E-state index contributed by atoms with van der Waals surface area (Å²) in [6.07, 6.45) is 0.813. The fourth-order valence-electron chi connectivity index (χ4n) is 2.08. The topological polar surface area (TPSA) is 67.6 Å². The van der Waals surface area contributed by atoms with Crippen molar-refractivity contribution < 1.29 is 9.53 Å². The van der Waals surface area contributed by atoms with Gasteiger partial charge in [0.2, 0.25) is 0 Å². The minimum Gasteiger partial charge on any atom is -0.497 e. The second-order valence-corrected chi connectivity index (χ2v) is 4.96. The number of likely N-dealkylation sites (N-methyl/N-ethyl adjacent to an activating group) is 1. The first kappa shape index (κ1) is 16.3. The van der Waals surface area contributed by atoms with Crippen molar-refractivity contribution in [1.82, 2.24) is 4.90 Å². The van der Waals surface area contributed by atoms with Crippen LogP contribution in [0.2, 0.25) is 0 Å². The molecule has 0 fully saturated rings. The smallest absolute Gasteiger partial charge is 0.322 e. The zero-order chi connectivity index (χ0) is 15.2. The van der Waals surface area contributed by atoms with Crippen molar-refractivity contribution in [3.05, 3.63) is 24.3 Å². The predicted octanol–water partition coefficient (Wildman–Crippen LogP) is 2.68. The van der Waals surface area contributed by atoms with E-state index in [4.69, 9.17) is 10.5 Å². The molecule has 2 amide bonds. The molecule has 0 aromatic heterocycles. The molecule has 1 unspecified atom stereocenters. The summed E-state index contributed by atoms with van der Waals surface area (Å²) < 4.78 is 5.09. The Morgan fingerprint density at radius 2 is 1.95 bits per heavy atom. The van der Waals surface area contributed by atoms with Crippen LogP contribution >= 0.6 is 0 Å². The van der Waals surface area contributed by atoms with Gasteiger partial charge in [0.15, 0.2) is 0 Å². The zero-order valence-corrected chi connectivity index (χ0v) is 12.8. The molecule has 112 valence electrons. The first-order chi connectivity index (χ1) is 9.50. The third-order valence-electron chi connectivity index (χ3n) is 3.76. The fraction of sp³-hybridized carbons (Fsp3) is 0.533. The molecule has 3 N–H and O–H groups in total. The van der Waals surface area contributed by atoms with E-state index in [1.807, 2.05) is 45.0 Å². The van der Waals surface area contributed by atoms with Crippen LogP contribution in [0.5, 0.6) is 5.75 Å². The summed E-state index contributed by atoms with van der Waals surface area (Å²) in [5.74, 6) is 0.760. The lowest BCUT2D eigenvalue weighted by Crippen LogP contribution is -2.55. The van der Waals surface area contributed by atoms with Crippen LogP contribution in [0.15, 0.2) is 24.3 Å². The van der Waals surface area contributed by atoms with Crippen LogP contribution in [-0.4, -0.2) is 36.7 Å². The van der Waals surface area contributed by atoms with E-state index in [1.165, 1.54) is 0 Å². The lowest BCUT2D eigenvalue weighted by atomic mass is 9.97.